The number of nitrogens with zero attached hydrogens (tertiary/aromatic N) is 1. The smallest absolute Gasteiger partial charge is 0.254 e. The molecule has 2 aromatic rings. The number of hydrogen-bond donors (Lipinski definition) is 1. The van der Waals surface area contributed by atoms with Crippen molar-refractivity contribution in [1.29, 1.82) is 0 Å². The second-order valence-corrected chi connectivity index (χ2v) is 8.87. The molecule has 9 heteroatoms. The number of methoxy groups -OCH3 is 1. The number of rotatable bonds is 8. The van der Waals surface area contributed by atoms with E-state index in [1.807, 2.05) is 0 Å². The van der Waals surface area contributed by atoms with E-state index in [0.29, 0.717) is 21.2 Å². The van der Waals surface area contributed by atoms with Crippen molar-refractivity contribution >= 4 is 39.1 Å². The second-order valence-electron chi connectivity index (χ2n) is 6.26. The molecule has 0 radical (unpaired) electrons. The van der Waals surface area contributed by atoms with E-state index in [9.17, 15) is 13.2 Å². The van der Waals surface area contributed by atoms with Crippen LogP contribution >= 0.6 is 23.2 Å². The minimum Gasteiger partial charge on any atom is -0.383 e. The Balaban J connectivity index is 2.24. The number of carbonyl (C=O) groups excluding carboxylic acids is 1. The Bertz CT molecular complexity index is 964. The van der Waals surface area contributed by atoms with E-state index in [4.69, 9.17) is 27.9 Å². The summed E-state index contributed by atoms with van der Waals surface area (Å²) in [6.07, 6.45) is 0. The Kier molecular flexibility index (Phi) is 7.86. The van der Waals surface area contributed by atoms with Crippen molar-refractivity contribution in [2.24, 2.45) is 0 Å². The van der Waals surface area contributed by atoms with Crippen molar-refractivity contribution in [2.45, 2.75) is 18.4 Å². The zero-order valence-electron chi connectivity index (χ0n) is 15.8. The number of carbonyl (C=O) groups is 1. The average Bonchev–Trinajstić information content (AvgIpc) is 2.63. The first-order valence-corrected chi connectivity index (χ1v) is 10.7. The molecule has 0 saturated carbocycles. The van der Waals surface area contributed by atoms with Crippen LogP contribution < -0.4 is 4.72 Å². The summed E-state index contributed by atoms with van der Waals surface area (Å²) in [7, 11) is -0.622. The molecule has 0 aliphatic carbocycles. The Morgan fingerprint density at radius 2 is 1.89 bits per heavy atom. The van der Waals surface area contributed by atoms with Crippen LogP contribution in [0.15, 0.2) is 41.3 Å². The fourth-order valence-electron chi connectivity index (χ4n) is 2.54. The number of amides is 1. The first kappa shape index (κ1) is 22.6. The molecule has 0 aliphatic rings. The lowest BCUT2D eigenvalue weighted by molar-refractivity contribution is 0.0784. The van der Waals surface area contributed by atoms with Gasteiger partial charge in [0.2, 0.25) is 10.0 Å². The van der Waals surface area contributed by atoms with Crippen LogP contribution in [0.4, 0.5) is 0 Å². The zero-order chi connectivity index (χ0) is 20.9. The van der Waals surface area contributed by atoms with Gasteiger partial charge in [0, 0.05) is 42.9 Å². The molecule has 0 atom stereocenters. The highest BCUT2D eigenvalue weighted by molar-refractivity contribution is 7.89. The predicted octanol–water partition coefficient (Wildman–Crippen LogP) is 3.50. The molecule has 0 spiro atoms. The molecule has 0 unspecified atom stereocenters. The van der Waals surface area contributed by atoms with E-state index >= 15 is 0 Å². The van der Waals surface area contributed by atoms with Gasteiger partial charge >= 0.3 is 0 Å². The van der Waals surface area contributed by atoms with Gasteiger partial charge in [-0.25, -0.2) is 13.1 Å². The number of hydrogen-bond acceptors (Lipinski definition) is 4. The molecule has 0 bridgehead atoms. The number of nitrogens with one attached hydrogen (secondary N) is 1. The zero-order valence-corrected chi connectivity index (χ0v) is 18.2. The van der Waals surface area contributed by atoms with Gasteiger partial charge in [-0.3, -0.25) is 4.79 Å². The summed E-state index contributed by atoms with van der Waals surface area (Å²) in [6.45, 7) is 2.41. The van der Waals surface area contributed by atoms with Crippen molar-refractivity contribution in [3.05, 3.63) is 63.1 Å². The summed E-state index contributed by atoms with van der Waals surface area (Å²) >= 11 is 12.1. The van der Waals surface area contributed by atoms with Gasteiger partial charge in [-0.1, -0.05) is 35.3 Å². The molecule has 0 saturated heterocycles. The monoisotopic (exact) mass is 444 g/mol. The average molecular weight is 445 g/mol. The Hall–Kier alpha value is -1.64. The number of ether oxygens (including phenoxy) is 1. The van der Waals surface area contributed by atoms with E-state index in [-0.39, 0.29) is 30.5 Å². The van der Waals surface area contributed by atoms with Gasteiger partial charge in [0.15, 0.2) is 0 Å². The fourth-order valence-corrected chi connectivity index (χ4v) is 4.05. The SMILES string of the molecule is COCCNS(=O)(=O)c1ccc(C)c(C(=O)N(C)Cc2ccc(Cl)cc2Cl)c1. The van der Waals surface area contributed by atoms with Crippen molar-refractivity contribution in [3.63, 3.8) is 0 Å². The topological polar surface area (TPSA) is 75.7 Å². The van der Waals surface area contributed by atoms with Gasteiger partial charge in [-0.2, -0.15) is 0 Å². The van der Waals surface area contributed by atoms with Crippen molar-refractivity contribution in [2.75, 3.05) is 27.3 Å². The third kappa shape index (κ3) is 5.68. The summed E-state index contributed by atoms with van der Waals surface area (Å²) in [4.78, 5) is 14.4. The third-order valence-corrected chi connectivity index (χ3v) is 6.16. The summed E-state index contributed by atoms with van der Waals surface area (Å²) in [5.74, 6) is -0.308. The first-order valence-electron chi connectivity index (χ1n) is 8.44. The maximum atomic E-state index is 12.9. The molecule has 2 aromatic carbocycles. The van der Waals surface area contributed by atoms with Gasteiger partial charge in [0.1, 0.15) is 0 Å². The van der Waals surface area contributed by atoms with Crippen LogP contribution in [0.3, 0.4) is 0 Å². The van der Waals surface area contributed by atoms with Crippen LogP contribution in [-0.2, 0) is 21.3 Å². The number of halogens is 2. The lowest BCUT2D eigenvalue weighted by Crippen LogP contribution is -2.29. The highest BCUT2D eigenvalue weighted by atomic mass is 35.5. The fraction of sp³-hybridized carbons (Fsp3) is 0.316. The van der Waals surface area contributed by atoms with Crippen LogP contribution in [0.2, 0.25) is 10.0 Å². The van der Waals surface area contributed by atoms with Crippen LogP contribution in [0.1, 0.15) is 21.5 Å². The summed E-state index contributed by atoms with van der Waals surface area (Å²) in [5.41, 5.74) is 1.72. The van der Waals surface area contributed by atoms with Crippen LogP contribution in [0.25, 0.3) is 0 Å². The molecule has 0 aliphatic heterocycles. The normalized spacial score (nSPS) is 11.5. The molecule has 0 aromatic heterocycles. The van der Waals surface area contributed by atoms with E-state index in [1.165, 1.54) is 24.1 Å². The van der Waals surface area contributed by atoms with E-state index in [2.05, 4.69) is 4.72 Å². The van der Waals surface area contributed by atoms with E-state index < -0.39 is 10.0 Å². The van der Waals surface area contributed by atoms with Crippen LogP contribution in [-0.4, -0.2) is 46.5 Å². The second kappa shape index (κ2) is 9.71. The molecule has 6 nitrogen and oxygen atoms in total. The molecule has 1 N–H and O–H groups in total. The summed E-state index contributed by atoms with van der Waals surface area (Å²) in [5, 5.41) is 0.972. The van der Waals surface area contributed by atoms with Gasteiger partial charge < -0.3 is 9.64 Å². The van der Waals surface area contributed by atoms with Gasteiger partial charge in [0.25, 0.3) is 5.91 Å². The Morgan fingerprint density at radius 1 is 1.18 bits per heavy atom. The highest BCUT2D eigenvalue weighted by Gasteiger charge is 2.20. The summed E-state index contributed by atoms with van der Waals surface area (Å²) in [6, 6.07) is 9.53. The number of sulfonamides is 1. The number of aryl methyl sites for hydroxylation is 1. The van der Waals surface area contributed by atoms with Crippen LogP contribution in [0, 0.1) is 6.92 Å². The van der Waals surface area contributed by atoms with Crippen molar-refractivity contribution < 1.29 is 17.9 Å². The molecule has 1 amide bonds. The van der Waals surface area contributed by atoms with E-state index in [1.54, 1.807) is 38.2 Å². The maximum absolute atomic E-state index is 12.9. The van der Waals surface area contributed by atoms with Crippen molar-refractivity contribution in [1.82, 2.24) is 9.62 Å². The minimum atomic E-state index is -3.74. The molecule has 2 rings (SSSR count). The summed E-state index contributed by atoms with van der Waals surface area (Å²) < 4.78 is 32.1. The third-order valence-electron chi connectivity index (χ3n) is 4.12. The van der Waals surface area contributed by atoms with Gasteiger partial charge in [-0.05, 0) is 42.3 Å². The minimum absolute atomic E-state index is 0.0236. The predicted molar refractivity (Wildman–Crippen MR) is 111 cm³/mol. The first-order chi connectivity index (χ1) is 13.2. The van der Waals surface area contributed by atoms with Gasteiger partial charge in [0.05, 0.1) is 11.5 Å². The molecule has 0 heterocycles. The lowest BCUT2D eigenvalue weighted by Gasteiger charge is -2.20. The van der Waals surface area contributed by atoms with Gasteiger partial charge in [-0.15, -0.1) is 0 Å². The number of benzene rings is 2. The molecule has 28 heavy (non-hydrogen) atoms. The Morgan fingerprint density at radius 3 is 2.54 bits per heavy atom. The Labute approximate surface area is 175 Å². The maximum Gasteiger partial charge on any atom is 0.254 e. The van der Waals surface area contributed by atoms with E-state index in [0.717, 1.165) is 5.56 Å². The molecule has 0 fully saturated rings. The van der Waals surface area contributed by atoms with Crippen LogP contribution in [0.5, 0.6) is 0 Å². The molecular weight excluding hydrogens is 423 g/mol. The quantitative estimate of drug-likeness (QED) is 0.632. The molecular formula is C19H22Cl2N2O4S. The standard InChI is InChI=1S/C19H22Cl2N2O4S/c1-13-4-7-16(28(25,26)22-8-9-27-3)11-17(13)19(24)23(2)12-14-5-6-15(20)10-18(14)21/h4-7,10-11,22H,8-9,12H2,1-3H3. The largest absolute Gasteiger partial charge is 0.383 e. The molecule has 152 valence electrons. The lowest BCUT2D eigenvalue weighted by atomic mass is 10.1. The highest BCUT2D eigenvalue weighted by Crippen LogP contribution is 2.23. The van der Waals surface area contributed by atoms with Crippen molar-refractivity contribution in [3.8, 4) is 0 Å².